The van der Waals surface area contributed by atoms with E-state index >= 15 is 0 Å². The molecule has 0 atom stereocenters. The number of rotatable bonds is 4. The van der Waals surface area contributed by atoms with Crippen LogP contribution in [0.25, 0.3) is 33.2 Å². The van der Waals surface area contributed by atoms with E-state index in [1.54, 1.807) is 0 Å². The molecule has 3 nitrogen and oxygen atoms in total. The number of hydrogen-bond donors (Lipinski definition) is 0. The van der Waals surface area contributed by atoms with Gasteiger partial charge in [0, 0.05) is 33.5 Å². The van der Waals surface area contributed by atoms with Crippen molar-refractivity contribution in [2.45, 2.75) is 188 Å². The Morgan fingerprint density at radius 3 is 1.62 bits per heavy atom. The summed E-state index contributed by atoms with van der Waals surface area (Å²) >= 11 is 0. The zero-order valence-electron chi connectivity index (χ0n) is 46.3. The van der Waals surface area contributed by atoms with Crippen molar-refractivity contribution >= 4 is 51.7 Å². The molecule has 0 saturated carbocycles. The summed E-state index contributed by atoms with van der Waals surface area (Å²) in [6.07, 6.45) is 4.66. The molecule has 0 saturated heterocycles. The fraction of sp³-hybridized carbons (Fsp3) is 0.433. The summed E-state index contributed by atoms with van der Waals surface area (Å²) in [4.78, 5) is 5.35. The first-order chi connectivity index (χ1) is 33.0. The Bertz CT molecular complexity index is 3300. The van der Waals surface area contributed by atoms with Crippen molar-refractivity contribution in [3.8, 4) is 22.3 Å². The van der Waals surface area contributed by atoms with Crippen molar-refractivity contribution in [1.82, 2.24) is 0 Å². The number of anilines is 4. The van der Waals surface area contributed by atoms with Crippen molar-refractivity contribution in [1.29, 1.82) is 0 Å². The van der Waals surface area contributed by atoms with Gasteiger partial charge in [0.2, 0.25) is 0 Å². The van der Waals surface area contributed by atoms with Crippen LogP contribution in [0.3, 0.4) is 0 Å². The molecule has 3 heterocycles. The molecule has 11 rings (SSSR count). The van der Waals surface area contributed by atoms with Gasteiger partial charge < -0.3 is 14.1 Å². The lowest BCUT2D eigenvalue weighted by molar-refractivity contribution is 0.332. The van der Waals surface area contributed by atoms with Crippen LogP contribution in [0.15, 0.2) is 114 Å². The largest absolute Gasteiger partial charge is 0.441 e. The second-order valence-corrected chi connectivity index (χ2v) is 28.0. The van der Waals surface area contributed by atoms with E-state index in [4.69, 9.17) is 4.42 Å². The molecule has 2 aliphatic heterocycles. The van der Waals surface area contributed by atoms with Gasteiger partial charge in [-0.3, -0.25) is 0 Å². The zero-order valence-corrected chi connectivity index (χ0v) is 46.3. The molecule has 7 aromatic rings. The third kappa shape index (κ3) is 7.66. The number of fused-ring (bicyclic) bond motifs is 8. The van der Waals surface area contributed by atoms with Crippen LogP contribution in [0.2, 0.25) is 0 Å². The minimum Gasteiger partial charge on any atom is -0.441 e. The standard InChI is InChI=1S/C67H79BN2O/c1-61(2,3)43-24-23-42(47(33-43)41-21-19-18-20-22-41)40-69-56-36-45(63(7,8)9)35-49-48-34-44(62(4,5)6)25-28-55(48)70(46-26-27-51-52(37-46)65(12,13)30-29-64(51,10)11)68(58(49)56)59-50-38-53-54(39-57(50)71-60(59)69)67(16,17)32-31-66(53,14)15/h18-28,33-39H,29-32,40H2,1-17H3. The smallest absolute Gasteiger partial charge is 0.337 e. The number of furan rings is 1. The maximum Gasteiger partial charge on any atom is 0.337 e. The van der Waals surface area contributed by atoms with Crippen LogP contribution in [0, 0.1) is 0 Å². The van der Waals surface area contributed by atoms with Crippen molar-refractivity contribution in [2.75, 3.05) is 9.71 Å². The molecule has 0 spiro atoms. The van der Waals surface area contributed by atoms with Crippen LogP contribution in [0.5, 0.6) is 0 Å². The zero-order chi connectivity index (χ0) is 50.7. The van der Waals surface area contributed by atoms with Gasteiger partial charge in [0.05, 0.1) is 6.54 Å². The molecule has 0 fully saturated rings. The van der Waals surface area contributed by atoms with Gasteiger partial charge in [-0.15, -0.1) is 0 Å². The predicted octanol–water partition coefficient (Wildman–Crippen LogP) is 17.3. The predicted molar refractivity (Wildman–Crippen MR) is 306 cm³/mol. The molecule has 4 aliphatic rings. The summed E-state index contributed by atoms with van der Waals surface area (Å²) in [5, 5.41) is 1.24. The number of benzene rings is 6. The molecule has 0 unspecified atom stereocenters. The third-order valence-corrected chi connectivity index (χ3v) is 18.0. The van der Waals surface area contributed by atoms with E-state index in [9.17, 15) is 0 Å². The Balaban J connectivity index is 1.27. The highest BCUT2D eigenvalue weighted by molar-refractivity contribution is 6.95. The van der Waals surface area contributed by atoms with E-state index in [1.165, 1.54) is 113 Å². The van der Waals surface area contributed by atoms with Crippen LogP contribution >= 0.6 is 0 Å². The topological polar surface area (TPSA) is 19.6 Å². The van der Waals surface area contributed by atoms with Crippen molar-refractivity contribution in [2.24, 2.45) is 0 Å². The third-order valence-electron chi connectivity index (χ3n) is 18.0. The van der Waals surface area contributed by atoms with Crippen LogP contribution in [0.1, 0.15) is 188 Å². The van der Waals surface area contributed by atoms with Crippen LogP contribution in [-0.2, 0) is 44.4 Å². The highest BCUT2D eigenvalue weighted by Crippen LogP contribution is 2.54. The molecule has 366 valence electrons. The van der Waals surface area contributed by atoms with E-state index < -0.39 is 0 Å². The maximum atomic E-state index is 7.69. The Kier molecular flexibility index (Phi) is 10.5. The summed E-state index contributed by atoms with van der Waals surface area (Å²) in [5.74, 6) is 0.963. The van der Waals surface area contributed by atoms with Gasteiger partial charge in [-0.05, 0) is 173 Å². The van der Waals surface area contributed by atoms with E-state index in [0.717, 1.165) is 24.3 Å². The van der Waals surface area contributed by atoms with E-state index in [2.05, 4.69) is 237 Å². The molecular weight excluding hydrogens is 860 g/mol. The summed E-state index contributed by atoms with van der Waals surface area (Å²) in [7, 11) is 0. The first-order valence-corrected chi connectivity index (χ1v) is 26.9. The fourth-order valence-electron chi connectivity index (χ4n) is 12.9. The minimum atomic E-state index is -0.151. The minimum absolute atomic E-state index is 0.00248. The molecule has 0 N–H and O–H groups in total. The molecule has 0 amide bonds. The molecule has 71 heavy (non-hydrogen) atoms. The monoisotopic (exact) mass is 939 g/mol. The lowest BCUT2D eigenvalue weighted by Gasteiger charge is -2.46. The molecular formula is C67H79BN2O. The Morgan fingerprint density at radius 2 is 1.01 bits per heavy atom. The summed E-state index contributed by atoms with van der Waals surface area (Å²) in [6.45, 7) is 41.3. The van der Waals surface area contributed by atoms with Gasteiger partial charge in [-0.1, -0.05) is 184 Å². The number of hydrogen-bond acceptors (Lipinski definition) is 3. The second-order valence-electron chi connectivity index (χ2n) is 28.0. The van der Waals surface area contributed by atoms with Gasteiger partial charge in [0.15, 0.2) is 5.88 Å². The first-order valence-electron chi connectivity index (χ1n) is 26.9. The molecule has 0 bridgehead atoms. The Hall–Kier alpha value is -5.48. The second kappa shape index (κ2) is 15.5. The fourth-order valence-corrected chi connectivity index (χ4v) is 12.9. The van der Waals surface area contributed by atoms with Crippen molar-refractivity contribution in [3.05, 3.63) is 154 Å². The highest BCUT2D eigenvalue weighted by atomic mass is 16.4. The number of nitrogens with zero attached hydrogens (tertiary/aromatic N) is 2. The Labute approximate surface area is 427 Å². The van der Waals surface area contributed by atoms with E-state index in [-0.39, 0.29) is 44.8 Å². The quantitative estimate of drug-likeness (QED) is 0.164. The van der Waals surface area contributed by atoms with Gasteiger partial charge in [-0.2, -0.15) is 0 Å². The van der Waals surface area contributed by atoms with E-state index in [1.807, 2.05) is 0 Å². The normalized spacial score (nSPS) is 18.4. The van der Waals surface area contributed by atoms with Crippen molar-refractivity contribution < 1.29 is 4.42 Å². The molecule has 2 aliphatic carbocycles. The van der Waals surface area contributed by atoms with Crippen LogP contribution in [-0.4, -0.2) is 6.85 Å². The van der Waals surface area contributed by atoms with Gasteiger partial charge in [0.1, 0.15) is 5.58 Å². The van der Waals surface area contributed by atoms with Gasteiger partial charge in [-0.25, -0.2) is 0 Å². The maximum absolute atomic E-state index is 7.69. The van der Waals surface area contributed by atoms with Crippen molar-refractivity contribution in [3.63, 3.8) is 0 Å². The summed E-state index contributed by atoms with van der Waals surface area (Å²) in [6, 6.07) is 43.4. The average molecular weight is 939 g/mol. The summed E-state index contributed by atoms with van der Waals surface area (Å²) in [5.41, 5.74) is 23.8. The SMILES string of the molecule is CC(C)(C)c1ccc(CN2c3cc(C(C)(C)C)cc4c3B(c3c2oc2cc5c(cc32)C(C)(C)CCC5(C)C)N(c2ccc3c(c2)C(C)(C)CCC3(C)C)c2ccc(C(C)(C)C)cc2-4)c(-c2ccccc2)c1. The van der Waals surface area contributed by atoms with Gasteiger partial charge >= 0.3 is 6.85 Å². The Morgan fingerprint density at radius 1 is 0.479 bits per heavy atom. The van der Waals surface area contributed by atoms with Crippen LogP contribution in [0.4, 0.5) is 22.9 Å². The van der Waals surface area contributed by atoms with Crippen LogP contribution < -0.4 is 20.6 Å². The lowest BCUT2D eigenvalue weighted by atomic mass is 9.43. The average Bonchev–Trinajstić information content (AvgIpc) is 3.68. The highest BCUT2D eigenvalue weighted by Gasteiger charge is 2.50. The molecule has 1 aromatic heterocycles. The first kappa shape index (κ1) is 47.8. The van der Waals surface area contributed by atoms with E-state index in [0.29, 0.717) is 6.54 Å². The molecule has 4 heteroatoms. The lowest BCUT2D eigenvalue weighted by Crippen LogP contribution is -2.62. The summed E-state index contributed by atoms with van der Waals surface area (Å²) < 4.78 is 7.69. The molecule has 6 aromatic carbocycles. The van der Waals surface area contributed by atoms with Gasteiger partial charge in [0.25, 0.3) is 0 Å². The molecule has 0 radical (unpaired) electrons.